The Morgan fingerprint density at radius 1 is 1.21 bits per heavy atom. The van der Waals surface area contributed by atoms with Gasteiger partial charge in [0.25, 0.3) is 0 Å². The van der Waals surface area contributed by atoms with Crippen molar-refractivity contribution in [3.05, 3.63) is 54.4 Å². The fraction of sp³-hybridized carbons (Fsp3) is 0. The van der Waals surface area contributed by atoms with Crippen LogP contribution in [0.3, 0.4) is 0 Å². The van der Waals surface area contributed by atoms with Crippen LogP contribution in [0, 0.1) is 17.8 Å². The second-order valence-corrected chi connectivity index (χ2v) is 2.71. The number of rotatable bonds is 0. The molecule has 2 aromatic rings. The summed E-state index contributed by atoms with van der Waals surface area (Å²) in [7, 11) is 0. The lowest BCUT2D eigenvalue weighted by atomic mass is 10.2. The van der Waals surface area contributed by atoms with Crippen LogP contribution in [0.1, 0.15) is 5.56 Å². The van der Waals surface area contributed by atoms with Crippen LogP contribution in [0.5, 0.6) is 0 Å². The molecule has 0 spiro atoms. The molecule has 14 heavy (non-hydrogen) atoms. The molecular weight excluding hydrogens is 179 g/mol. The molecule has 0 unspecified atom stereocenters. The van der Waals surface area contributed by atoms with E-state index in [2.05, 4.69) is 16.9 Å². The van der Waals surface area contributed by atoms with E-state index in [1.807, 2.05) is 0 Å². The van der Waals surface area contributed by atoms with Gasteiger partial charge in [0.05, 0.1) is 0 Å². The minimum Gasteiger partial charge on any atom is -0.265 e. The predicted octanol–water partition coefficient (Wildman–Crippen LogP) is 1.88. The van der Waals surface area contributed by atoms with Gasteiger partial charge in [-0.05, 0) is 30.2 Å². The third-order valence-electron chi connectivity index (χ3n) is 1.68. The molecule has 2 rings (SSSR count). The van der Waals surface area contributed by atoms with E-state index in [9.17, 15) is 4.39 Å². The molecule has 0 saturated carbocycles. The van der Waals surface area contributed by atoms with Gasteiger partial charge >= 0.3 is 0 Å². The summed E-state index contributed by atoms with van der Waals surface area (Å²) >= 11 is 0. The molecule has 0 atom stereocenters. The van der Waals surface area contributed by atoms with Crippen LogP contribution in [0.4, 0.5) is 4.39 Å². The van der Waals surface area contributed by atoms with Gasteiger partial charge in [-0.3, -0.25) is 4.57 Å². The number of halogens is 1. The second-order valence-electron chi connectivity index (χ2n) is 2.71. The molecule has 3 heteroatoms. The first kappa shape index (κ1) is 8.52. The lowest BCUT2D eigenvalue weighted by Crippen LogP contribution is -1.82. The highest BCUT2D eigenvalue weighted by molar-refractivity contribution is 5.34. The molecule has 0 radical (unpaired) electrons. The Kier molecular flexibility index (Phi) is 2.28. The first-order chi connectivity index (χ1) is 6.84. The van der Waals surface area contributed by atoms with Crippen LogP contribution in [-0.2, 0) is 0 Å². The Labute approximate surface area is 81.0 Å². The molecule has 0 aliphatic carbocycles. The molecule has 1 aromatic carbocycles. The number of hydrogen-bond acceptors (Lipinski definition) is 1. The Hall–Kier alpha value is -2.08. The zero-order chi connectivity index (χ0) is 9.80. The van der Waals surface area contributed by atoms with Gasteiger partial charge < -0.3 is 0 Å². The predicted molar refractivity (Wildman–Crippen MR) is 50.9 cm³/mol. The number of nitrogens with zero attached hydrogens (tertiary/aromatic N) is 2. The summed E-state index contributed by atoms with van der Waals surface area (Å²) in [4.78, 5) is 3.85. The van der Waals surface area contributed by atoms with Crippen molar-refractivity contribution < 1.29 is 4.39 Å². The number of aromatic nitrogens is 2. The Morgan fingerprint density at radius 2 is 2.00 bits per heavy atom. The Bertz CT molecular complexity index is 460. The molecule has 2 nitrogen and oxygen atoms in total. The van der Waals surface area contributed by atoms with E-state index in [0.717, 1.165) is 5.56 Å². The quantitative estimate of drug-likeness (QED) is 0.574. The van der Waals surface area contributed by atoms with Crippen molar-refractivity contribution in [3.63, 3.8) is 0 Å². The first-order valence-corrected chi connectivity index (χ1v) is 4.10. The molecule has 0 bridgehead atoms. The molecule has 0 amide bonds. The van der Waals surface area contributed by atoms with Crippen LogP contribution < -0.4 is 0 Å². The summed E-state index contributed by atoms with van der Waals surface area (Å²) in [5, 5.41) is 0. The summed E-state index contributed by atoms with van der Waals surface area (Å²) in [6.07, 6.45) is 5.01. The molecular formula is C11H7FN2. The maximum absolute atomic E-state index is 12.5. The van der Waals surface area contributed by atoms with Gasteiger partial charge in [-0.25, -0.2) is 9.37 Å². The molecule has 68 valence electrons. The lowest BCUT2D eigenvalue weighted by molar-refractivity contribution is 0.627. The summed E-state index contributed by atoms with van der Waals surface area (Å²) in [6.45, 7) is 0. The van der Waals surface area contributed by atoms with Crippen LogP contribution in [0.25, 0.3) is 0 Å². The lowest BCUT2D eigenvalue weighted by Gasteiger charge is -1.89. The molecule has 1 heterocycles. The number of hydrogen-bond donors (Lipinski definition) is 0. The highest BCUT2D eigenvalue weighted by atomic mass is 19.1. The van der Waals surface area contributed by atoms with Gasteiger partial charge in [0.15, 0.2) is 0 Å². The fourth-order valence-corrected chi connectivity index (χ4v) is 0.988. The van der Waals surface area contributed by atoms with Crippen molar-refractivity contribution in [1.29, 1.82) is 0 Å². The van der Waals surface area contributed by atoms with Gasteiger partial charge in [-0.1, -0.05) is 0 Å². The minimum absolute atomic E-state index is 0.252. The molecule has 0 N–H and O–H groups in total. The van der Waals surface area contributed by atoms with Gasteiger partial charge in [0.1, 0.15) is 12.1 Å². The SMILES string of the molecule is Fc1ccc(C#Cn2ccnc2)cc1. The van der Waals surface area contributed by atoms with Gasteiger partial charge in [-0.2, -0.15) is 0 Å². The van der Waals surface area contributed by atoms with Crippen molar-refractivity contribution in [2.75, 3.05) is 0 Å². The number of imidazole rings is 1. The zero-order valence-electron chi connectivity index (χ0n) is 7.31. The monoisotopic (exact) mass is 186 g/mol. The summed E-state index contributed by atoms with van der Waals surface area (Å²) in [5.74, 6) is 2.63. The van der Waals surface area contributed by atoms with E-state index in [4.69, 9.17) is 0 Å². The average molecular weight is 186 g/mol. The third-order valence-corrected chi connectivity index (χ3v) is 1.68. The van der Waals surface area contributed by atoms with E-state index < -0.39 is 0 Å². The van der Waals surface area contributed by atoms with Crippen LogP contribution in [0.15, 0.2) is 43.0 Å². The second kappa shape index (κ2) is 3.75. The van der Waals surface area contributed by atoms with Crippen LogP contribution in [-0.4, -0.2) is 9.55 Å². The van der Waals surface area contributed by atoms with Gasteiger partial charge in [-0.15, -0.1) is 0 Å². The van der Waals surface area contributed by atoms with Crippen LogP contribution in [0.2, 0.25) is 0 Å². The Balaban J connectivity index is 2.22. The van der Waals surface area contributed by atoms with Crippen molar-refractivity contribution >= 4 is 0 Å². The summed E-state index contributed by atoms with van der Waals surface area (Å²) in [5.41, 5.74) is 0.778. The van der Waals surface area contributed by atoms with E-state index in [0.29, 0.717) is 0 Å². The normalized spacial score (nSPS) is 9.21. The molecule has 0 aliphatic heterocycles. The topological polar surface area (TPSA) is 17.8 Å². The Morgan fingerprint density at radius 3 is 2.64 bits per heavy atom. The highest BCUT2D eigenvalue weighted by Crippen LogP contribution is 2.00. The standard InChI is InChI=1S/C11H7FN2/c12-11-3-1-10(2-4-11)5-7-14-8-6-13-9-14/h1-4,6,8-9H. The van der Waals surface area contributed by atoms with Crippen molar-refractivity contribution in [2.24, 2.45) is 0 Å². The molecule has 0 aliphatic rings. The number of benzene rings is 1. The van der Waals surface area contributed by atoms with Crippen LogP contribution >= 0.6 is 0 Å². The zero-order valence-corrected chi connectivity index (χ0v) is 7.31. The van der Waals surface area contributed by atoms with Crippen molar-refractivity contribution in [3.8, 4) is 12.0 Å². The molecule has 1 aromatic heterocycles. The van der Waals surface area contributed by atoms with Gasteiger partial charge in [0, 0.05) is 24.0 Å². The molecule has 0 fully saturated rings. The molecule has 0 saturated heterocycles. The first-order valence-electron chi connectivity index (χ1n) is 4.10. The average Bonchev–Trinajstić information content (AvgIpc) is 2.70. The summed E-state index contributed by atoms with van der Waals surface area (Å²) < 4.78 is 14.2. The smallest absolute Gasteiger partial charge is 0.123 e. The van der Waals surface area contributed by atoms with E-state index >= 15 is 0 Å². The van der Waals surface area contributed by atoms with E-state index in [1.54, 1.807) is 35.4 Å². The maximum Gasteiger partial charge on any atom is 0.123 e. The largest absolute Gasteiger partial charge is 0.265 e. The third kappa shape index (κ3) is 1.99. The van der Waals surface area contributed by atoms with Crippen molar-refractivity contribution in [1.82, 2.24) is 9.55 Å². The maximum atomic E-state index is 12.5. The van der Waals surface area contributed by atoms with Crippen molar-refractivity contribution in [2.45, 2.75) is 0 Å². The van der Waals surface area contributed by atoms with E-state index in [1.165, 1.54) is 12.1 Å². The fourth-order valence-electron chi connectivity index (χ4n) is 0.988. The summed E-state index contributed by atoms with van der Waals surface area (Å²) in [6, 6.07) is 8.89. The highest BCUT2D eigenvalue weighted by Gasteiger charge is 1.88. The van der Waals surface area contributed by atoms with E-state index in [-0.39, 0.29) is 5.82 Å². The van der Waals surface area contributed by atoms with Gasteiger partial charge in [0.2, 0.25) is 0 Å². The minimum atomic E-state index is -0.252.